The average Bonchev–Trinajstić information content (AvgIpc) is 2.97. The molecule has 0 aliphatic carbocycles. The number of anilines is 1. The van der Waals surface area contributed by atoms with Crippen LogP contribution in [0.1, 0.15) is 31.3 Å². The molecule has 0 fully saturated rings. The largest absolute Gasteiger partial charge is 0.467 e. The first-order valence-corrected chi connectivity index (χ1v) is 6.65. The van der Waals surface area contributed by atoms with Crippen LogP contribution < -0.4 is 10.2 Å². The van der Waals surface area contributed by atoms with E-state index in [4.69, 9.17) is 4.42 Å². The summed E-state index contributed by atoms with van der Waals surface area (Å²) in [4.78, 5) is 6.75. The maximum Gasteiger partial charge on any atom is 0.123 e. The van der Waals surface area contributed by atoms with Crippen LogP contribution in [0.3, 0.4) is 0 Å². The van der Waals surface area contributed by atoms with Crippen molar-refractivity contribution in [3.63, 3.8) is 0 Å². The predicted molar refractivity (Wildman–Crippen MR) is 77.1 cm³/mol. The molecule has 0 aromatic carbocycles. The van der Waals surface area contributed by atoms with Gasteiger partial charge in [-0.3, -0.25) is 4.98 Å². The van der Waals surface area contributed by atoms with Crippen molar-refractivity contribution in [2.75, 3.05) is 18.5 Å². The molecule has 4 heteroatoms. The minimum Gasteiger partial charge on any atom is -0.467 e. The molecule has 0 spiro atoms. The summed E-state index contributed by atoms with van der Waals surface area (Å²) in [5.74, 6) is 0.967. The van der Waals surface area contributed by atoms with Gasteiger partial charge >= 0.3 is 0 Å². The van der Waals surface area contributed by atoms with E-state index in [1.165, 1.54) is 0 Å². The standard InChI is InChI=1S/C15H21N3O/c1-4-18(11-14-6-5-9-19-14)13-7-8-15(17-10-13)12(2)16-3/h5-10,12,16H,4,11H2,1-3H3. The highest BCUT2D eigenvalue weighted by Gasteiger charge is 2.09. The van der Waals surface area contributed by atoms with Gasteiger partial charge in [-0.05, 0) is 45.2 Å². The van der Waals surface area contributed by atoms with E-state index < -0.39 is 0 Å². The first kappa shape index (κ1) is 13.6. The van der Waals surface area contributed by atoms with Crippen LogP contribution in [0, 0.1) is 0 Å². The van der Waals surface area contributed by atoms with Crippen molar-refractivity contribution in [1.29, 1.82) is 0 Å². The molecule has 1 unspecified atom stereocenters. The summed E-state index contributed by atoms with van der Waals surface area (Å²) in [5.41, 5.74) is 2.17. The third kappa shape index (κ3) is 3.35. The number of rotatable bonds is 6. The number of hydrogen-bond donors (Lipinski definition) is 1. The number of hydrogen-bond acceptors (Lipinski definition) is 4. The van der Waals surface area contributed by atoms with Crippen LogP contribution in [-0.2, 0) is 6.54 Å². The lowest BCUT2D eigenvalue weighted by Crippen LogP contribution is -2.22. The molecule has 2 heterocycles. The molecular formula is C15H21N3O. The molecule has 19 heavy (non-hydrogen) atoms. The fraction of sp³-hybridized carbons (Fsp3) is 0.400. The smallest absolute Gasteiger partial charge is 0.123 e. The summed E-state index contributed by atoms with van der Waals surface area (Å²) < 4.78 is 5.39. The van der Waals surface area contributed by atoms with E-state index in [-0.39, 0.29) is 6.04 Å². The quantitative estimate of drug-likeness (QED) is 0.866. The molecule has 0 saturated heterocycles. The predicted octanol–water partition coefficient (Wildman–Crippen LogP) is 2.98. The molecule has 0 amide bonds. The first-order valence-electron chi connectivity index (χ1n) is 6.65. The maximum atomic E-state index is 5.39. The molecule has 4 nitrogen and oxygen atoms in total. The van der Waals surface area contributed by atoms with Crippen molar-refractivity contribution in [2.45, 2.75) is 26.4 Å². The SMILES string of the molecule is CCN(Cc1ccco1)c1ccc(C(C)NC)nc1. The molecule has 1 atom stereocenters. The summed E-state index contributed by atoms with van der Waals surface area (Å²) in [6.07, 6.45) is 3.63. The number of aromatic nitrogens is 1. The topological polar surface area (TPSA) is 41.3 Å². The van der Waals surface area contributed by atoms with E-state index in [9.17, 15) is 0 Å². The van der Waals surface area contributed by atoms with Crippen LogP contribution in [0.15, 0.2) is 41.1 Å². The monoisotopic (exact) mass is 259 g/mol. The molecule has 0 radical (unpaired) electrons. The second-order valence-corrected chi connectivity index (χ2v) is 4.55. The molecule has 0 aliphatic heterocycles. The summed E-state index contributed by atoms with van der Waals surface area (Å²) in [6.45, 7) is 5.92. The number of furan rings is 1. The Hall–Kier alpha value is -1.81. The van der Waals surface area contributed by atoms with Gasteiger partial charge in [-0.2, -0.15) is 0 Å². The zero-order chi connectivity index (χ0) is 13.7. The van der Waals surface area contributed by atoms with Gasteiger partial charge in [-0.15, -0.1) is 0 Å². The van der Waals surface area contributed by atoms with Crippen molar-refractivity contribution >= 4 is 5.69 Å². The third-order valence-electron chi connectivity index (χ3n) is 3.32. The highest BCUT2D eigenvalue weighted by molar-refractivity contribution is 5.44. The van der Waals surface area contributed by atoms with Crippen LogP contribution in [0.25, 0.3) is 0 Å². The van der Waals surface area contributed by atoms with E-state index in [0.29, 0.717) is 0 Å². The Kier molecular flexibility index (Phi) is 4.58. The van der Waals surface area contributed by atoms with Gasteiger partial charge in [0.15, 0.2) is 0 Å². The molecule has 0 aliphatic rings. The summed E-state index contributed by atoms with van der Waals surface area (Å²) >= 11 is 0. The van der Waals surface area contributed by atoms with Crippen molar-refractivity contribution < 1.29 is 4.42 Å². The van der Waals surface area contributed by atoms with Gasteiger partial charge in [0.05, 0.1) is 30.4 Å². The summed E-state index contributed by atoms with van der Waals surface area (Å²) in [6, 6.07) is 8.37. The Bertz CT molecular complexity index is 479. The van der Waals surface area contributed by atoms with Crippen molar-refractivity contribution in [3.05, 3.63) is 48.2 Å². The van der Waals surface area contributed by atoms with Gasteiger partial charge in [0.1, 0.15) is 5.76 Å². The van der Waals surface area contributed by atoms with Crippen LogP contribution in [-0.4, -0.2) is 18.6 Å². The van der Waals surface area contributed by atoms with Crippen LogP contribution in [0.5, 0.6) is 0 Å². The molecule has 2 rings (SSSR count). The molecule has 1 N–H and O–H groups in total. The van der Waals surface area contributed by atoms with Crippen LogP contribution in [0.4, 0.5) is 5.69 Å². The van der Waals surface area contributed by atoms with Crippen LogP contribution in [0.2, 0.25) is 0 Å². The van der Waals surface area contributed by atoms with E-state index >= 15 is 0 Å². The summed E-state index contributed by atoms with van der Waals surface area (Å²) in [7, 11) is 1.94. The first-order chi connectivity index (χ1) is 9.24. The number of nitrogens with zero attached hydrogens (tertiary/aromatic N) is 2. The zero-order valence-corrected chi connectivity index (χ0v) is 11.8. The van der Waals surface area contributed by atoms with Crippen molar-refractivity contribution in [3.8, 4) is 0 Å². The minimum absolute atomic E-state index is 0.272. The highest BCUT2D eigenvalue weighted by atomic mass is 16.3. The Morgan fingerprint density at radius 1 is 1.37 bits per heavy atom. The Labute approximate surface area is 114 Å². The lowest BCUT2D eigenvalue weighted by atomic mass is 10.2. The van der Waals surface area contributed by atoms with Gasteiger partial charge in [0.25, 0.3) is 0 Å². The lowest BCUT2D eigenvalue weighted by Gasteiger charge is -2.22. The highest BCUT2D eigenvalue weighted by Crippen LogP contribution is 2.18. The normalized spacial score (nSPS) is 12.4. The molecular weight excluding hydrogens is 238 g/mol. The number of pyridine rings is 1. The van der Waals surface area contributed by atoms with Gasteiger partial charge in [-0.1, -0.05) is 0 Å². The molecule has 2 aromatic rings. The van der Waals surface area contributed by atoms with Gasteiger partial charge in [-0.25, -0.2) is 0 Å². The Balaban J connectivity index is 2.10. The van der Waals surface area contributed by atoms with Crippen LogP contribution >= 0.6 is 0 Å². The van der Waals surface area contributed by atoms with E-state index in [1.54, 1.807) is 6.26 Å². The second kappa shape index (κ2) is 6.38. The van der Waals surface area contributed by atoms with Gasteiger partial charge in [0, 0.05) is 12.6 Å². The Morgan fingerprint density at radius 2 is 2.21 bits per heavy atom. The van der Waals surface area contributed by atoms with Gasteiger partial charge < -0.3 is 14.6 Å². The Morgan fingerprint density at radius 3 is 2.74 bits per heavy atom. The van der Waals surface area contributed by atoms with E-state index in [0.717, 1.165) is 30.2 Å². The van der Waals surface area contributed by atoms with Crippen molar-refractivity contribution in [2.24, 2.45) is 0 Å². The average molecular weight is 259 g/mol. The van der Waals surface area contributed by atoms with E-state index in [2.05, 4.69) is 41.2 Å². The summed E-state index contributed by atoms with van der Waals surface area (Å²) in [5, 5.41) is 3.19. The fourth-order valence-electron chi connectivity index (χ4n) is 1.96. The molecule has 0 saturated carbocycles. The molecule has 0 bridgehead atoms. The number of nitrogens with one attached hydrogen (secondary N) is 1. The fourth-order valence-corrected chi connectivity index (χ4v) is 1.96. The lowest BCUT2D eigenvalue weighted by molar-refractivity contribution is 0.503. The molecule has 102 valence electrons. The van der Waals surface area contributed by atoms with Crippen molar-refractivity contribution in [1.82, 2.24) is 10.3 Å². The third-order valence-corrected chi connectivity index (χ3v) is 3.32. The zero-order valence-electron chi connectivity index (χ0n) is 11.8. The molecule has 2 aromatic heterocycles. The van der Waals surface area contributed by atoms with Gasteiger partial charge in [0.2, 0.25) is 0 Å². The van der Waals surface area contributed by atoms with E-state index in [1.807, 2.05) is 25.4 Å². The minimum atomic E-state index is 0.272. The maximum absolute atomic E-state index is 5.39. The second-order valence-electron chi connectivity index (χ2n) is 4.55.